The Kier molecular flexibility index (Phi) is 4.40. The van der Waals surface area contributed by atoms with Crippen LogP contribution in [-0.2, 0) is 6.73 Å². The quantitative estimate of drug-likeness (QED) is 0.909. The molecule has 5 nitrogen and oxygen atoms in total. The normalized spacial score (nSPS) is 10.3. The minimum atomic E-state index is -0.169. The van der Waals surface area contributed by atoms with E-state index in [9.17, 15) is 4.79 Å². The van der Waals surface area contributed by atoms with Crippen LogP contribution >= 0.6 is 0 Å². The molecule has 0 saturated heterocycles. The summed E-state index contributed by atoms with van der Waals surface area (Å²) in [7, 11) is 0. The Morgan fingerprint density at radius 1 is 1.35 bits per heavy atom. The summed E-state index contributed by atoms with van der Waals surface area (Å²) in [5, 5.41) is 6.89. The molecule has 20 heavy (non-hydrogen) atoms. The SMILES string of the molecule is CCNC(=O)c1ccn(COc2cc(C)ccc2C)n1. The fraction of sp³-hybridized carbons (Fsp3) is 0.333. The van der Waals surface area contributed by atoms with Crippen LogP contribution in [0, 0.1) is 13.8 Å². The van der Waals surface area contributed by atoms with Gasteiger partial charge in [0.05, 0.1) is 0 Å². The first-order chi connectivity index (χ1) is 9.60. The molecule has 0 saturated carbocycles. The van der Waals surface area contributed by atoms with Crippen molar-refractivity contribution in [2.24, 2.45) is 0 Å². The van der Waals surface area contributed by atoms with Crippen molar-refractivity contribution in [3.8, 4) is 5.75 Å². The molecule has 0 fully saturated rings. The number of aryl methyl sites for hydroxylation is 2. The number of hydrogen-bond donors (Lipinski definition) is 1. The minimum absolute atomic E-state index is 0.169. The number of aromatic nitrogens is 2. The van der Waals surface area contributed by atoms with Gasteiger partial charge in [-0.25, -0.2) is 4.68 Å². The molecule has 0 aliphatic heterocycles. The molecular formula is C15H19N3O2. The molecule has 0 bridgehead atoms. The van der Waals surface area contributed by atoms with Crippen LogP contribution in [0.4, 0.5) is 0 Å². The Morgan fingerprint density at radius 2 is 2.15 bits per heavy atom. The lowest BCUT2D eigenvalue weighted by Crippen LogP contribution is -2.23. The summed E-state index contributed by atoms with van der Waals surface area (Å²) in [4.78, 5) is 11.6. The van der Waals surface area contributed by atoms with Gasteiger partial charge in [0.15, 0.2) is 6.73 Å². The van der Waals surface area contributed by atoms with E-state index in [0.29, 0.717) is 12.2 Å². The molecule has 1 heterocycles. The van der Waals surface area contributed by atoms with E-state index < -0.39 is 0 Å². The Bertz CT molecular complexity index is 605. The van der Waals surface area contributed by atoms with E-state index in [-0.39, 0.29) is 12.6 Å². The van der Waals surface area contributed by atoms with Gasteiger partial charge in [-0.3, -0.25) is 4.79 Å². The van der Waals surface area contributed by atoms with Gasteiger partial charge >= 0.3 is 0 Å². The summed E-state index contributed by atoms with van der Waals surface area (Å²) in [5.41, 5.74) is 2.62. The van der Waals surface area contributed by atoms with Crippen molar-refractivity contribution in [1.82, 2.24) is 15.1 Å². The summed E-state index contributed by atoms with van der Waals surface area (Å²) in [6.45, 7) is 6.76. The van der Waals surface area contributed by atoms with Gasteiger partial charge in [0.2, 0.25) is 0 Å². The van der Waals surface area contributed by atoms with Crippen LogP contribution in [0.3, 0.4) is 0 Å². The second-order valence-corrected chi connectivity index (χ2v) is 4.64. The number of nitrogens with one attached hydrogen (secondary N) is 1. The highest BCUT2D eigenvalue weighted by atomic mass is 16.5. The summed E-state index contributed by atoms with van der Waals surface area (Å²) in [6, 6.07) is 7.73. The Hall–Kier alpha value is -2.30. The van der Waals surface area contributed by atoms with E-state index in [0.717, 1.165) is 16.9 Å². The third kappa shape index (κ3) is 3.38. The topological polar surface area (TPSA) is 56.2 Å². The van der Waals surface area contributed by atoms with Crippen molar-refractivity contribution in [3.63, 3.8) is 0 Å². The Labute approximate surface area is 118 Å². The molecule has 1 aromatic heterocycles. The van der Waals surface area contributed by atoms with Crippen molar-refractivity contribution in [2.45, 2.75) is 27.5 Å². The third-order valence-electron chi connectivity index (χ3n) is 2.91. The average molecular weight is 273 g/mol. The highest BCUT2D eigenvalue weighted by Crippen LogP contribution is 2.19. The zero-order valence-electron chi connectivity index (χ0n) is 12.0. The predicted octanol–water partition coefficient (Wildman–Crippen LogP) is 2.29. The lowest BCUT2D eigenvalue weighted by Gasteiger charge is -2.09. The first kappa shape index (κ1) is 14.1. The van der Waals surface area contributed by atoms with Crippen molar-refractivity contribution in [2.75, 3.05) is 6.54 Å². The molecule has 1 amide bonds. The number of rotatable bonds is 5. The van der Waals surface area contributed by atoms with Crippen LogP contribution in [-0.4, -0.2) is 22.2 Å². The van der Waals surface area contributed by atoms with Crippen LogP contribution in [0.15, 0.2) is 30.5 Å². The maximum absolute atomic E-state index is 11.6. The van der Waals surface area contributed by atoms with Crippen molar-refractivity contribution in [1.29, 1.82) is 0 Å². The van der Waals surface area contributed by atoms with E-state index in [1.54, 1.807) is 16.9 Å². The largest absolute Gasteiger partial charge is 0.471 e. The van der Waals surface area contributed by atoms with Crippen LogP contribution < -0.4 is 10.1 Å². The number of benzene rings is 1. The fourth-order valence-electron chi connectivity index (χ4n) is 1.80. The van der Waals surface area contributed by atoms with Crippen molar-refractivity contribution in [3.05, 3.63) is 47.3 Å². The zero-order chi connectivity index (χ0) is 14.5. The fourth-order valence-corrected chi connectivity index (χ4v) is 1.80. The van der Waals surface area contributed by atoms with E-state index in [1.807, 2.05) is 39.0 Å². The summed E-state index contributed by atoms with van der Waals surface area (Å²) in [5.74, 6) is 0.665. The van der Waals surface area contributed by atoms with Gasteiger partial charge in [0, 0.05) is 12.7 Å². The molecule has 0 aliphatic carbocycles. The van der Waals surface area contributed by atoms with Crippen molar-refractivity contribution < 1.29 is 9.53 Å². The van der Waals surface area contributed by atoms with Crippen LogP contribution in [0.5, 0.6) is 5.75 Å². The summed E-state index contributed by atoms with van der Waals surface area (Å²) >= 11 is 0. The Balaban J connectivity index is 2.01. The molecule has 0 spiro atoms. The molecule has 106 valence electrons. The maximum Gasteiger partial charge on any atom is 0.271 e. The molecule has 0 aliphatic rings. The van der Waals surface area contributed by atoms with Crippen molar-refractivity contribution >= 4 is 5.91 Å². The van der Waals surface area contributed by atoms with Crippen LogP contribution in [0.1, 0.15) is 28.5 Å². The lowest BCUT2D eigenvalue weighted by molar-refractivity contribution is 0.0949. The standard InChI is InChI=1S/C15H19N3O2/c1-4-16-15(19)13-7-8-18(17-13)10-20-14-9-11(2)5-6-12(14)3/h5-9H,4,10H2,1-3H3,(H,16,19). The maximum atomic E-state index is 11.6. The van der Waals surface area contributed by atoms with Gasteiger partial charge < -0.3 is 10.1 Å². The predicted molar refractivity (Wildman–Crippen MR) is 76.8 cm³/mol. The summed E-state index contributed by atoms with van der Waals surface area (Å²) in [6.07, 6.45) is 1.73. The minimum Gasteiger partial charge on any atom is -0.471 e. The monoisotopic (exact) mass is 273 g/mol. The molecule has 2 rings (SSSR count). The molecule has 2 aromatic rings. The van der Waals surface area contributed by atoms with Gasteiger partial charge in [0.1, 0.15) is 11.4 Å². The first-order valence-electron chi connectivity index (χ1n) is 6.62. The Morgan fingerprint density at radius 3 is 2.90 bits per heavy atom. The van der Waals surface area contributed by atoms with Crippen LogP contribution in [0.25, 0.3) is 0 Å². The highest BCUT2D eigenvalue weighted by molar-refractivity contribution is 5.92. The number of ether oxygens (including phenoxy) is 1. The van der Waals surface area contributed by atoms with Gasteiger partial charge in [-0.15, -0.1) is 0 Å². The summed E-state index contributed by atoms with van der Waals surface area (Å²) < 4.78 is 7.33. The number of hydrogen-bond acceptors (Lipinski definition) is 3. The van der Waals surface area contributed by atoms with Crippen LogP contribution in [0.2, 0.25) is 0 Å². The smallest absolute Gasteiger partial charge is 0.271 e. The van der Waals surface area contributed by atoms with Gasteiger partial charge in [-0.05, 0) is 44.0 Å². The molecule has 0 radical (unpaired) electrons. The molecule has 5 heteroatoms. The zero-order valence-corrected chi connectivity index (χ0v) is 12.0. The van der Waals surface area contributed by atoms with E-state index in [2.05, 4.69) is 10.4 Å². The van der Waals surface area contributed by atoms with Gasteiger partial charge in [-0.1, -0.05) is 12.1 Å². The lowest BCUT2D eigenvalue weighted by atomic mass is 10.1. The molecule has 1 aromatic carbocycles. The van der Waals surface area contributed by atoms with E-state index in [1.165, 1.54) is 0 Å². The molecular weight excluding hydrogens is 254 g/mol. The van der Waals surface area contributed by atoms with Gasteiger partial charge in [-0.2, -0.15) is 5.10 Å². The second kappa shape index (κ2) is 6.23. The van der Waals surface area contributed by atoms with Gasteiger partial charge in [0.25, 0.3) is 5.91 Å². The van der Waals surface area contributed by atoms with E-state index >= 15 is 0 Å². The number of carbonyl (C=O) groups is 1. The molecule has 0 atom stereocenters. The first-order valence-corrected chi connectivity index (χ1v) is 6.62. The third-order valence-corrected chi connectivity index (χ3v) is 2.91. The molecule has 1 N–H and O–H groups in total. The average Bonchev–Trinajstić information content (AvgIpc) is 2.89. The highest BCUT2D eigenvalue weighted by Gasteiger charge is 2.08. The number of amides is 1. The second-order valence-electron chi connectivity index (χ2n) is 4.64. The van der Waals surface area contributed by atoms with E-state index in [4.69, 9.17) is 4.74 Å². The molecule has 0 unspecified atom stereocenters. The number of carbonyl (C=O) groups excluding carboxylic acids is 1. The number of nitrogens with zero attached hydrogens (tertiary/aromatic N) is 2.